The lowest BCUT2D eigenvalue weighted by Crippen LogP contribution is -2.49. The summed E-state index contributed by atoms with van der Waals surface area (Å²) in [5.41, 5.74) is 15.1. The van der Waals surface area contributed by atoms with Crippen molar-refractivity contribution in [1.82, 2.24) is 5.32 Å². The SMILES string of the molecule is COc1cc(CC2=CNC(N)=NC2(N)CC(C)C)c(C(C)C)cc1OC. The Balaban J connectivity index is 2.45. The minimum atomic E-state index is -0.801. The van der Waals surface area contributed by atoms with E-state index in [2.05, 4.69) is 38.0 Å². The third-order valence-electron chi connectivity index (χ3n) is 4.64. The van der Waals surface area contributed by atoms with E-state index in [1.165, 1.54) is 5.56 Å². The van der Waals surface area contributed by atoms with Crippen LogP contribution in [0.2, 0.25) is 0 Å². The third kappa shape index (κ3) is 4.30. The number of nitrogens with one attached hydrogen (secondary N) is 1. The van der Waals surface area contributed by atoms with E-state index in [4.69, 9.17) is 20.9 Å². The first kappa shape index (κ1) is 20.1. The van der Waals surface area contributed by atoms with E-state index in [1.807, 2.05) is 18.3 Å². The average Bonchev–Trinajstić information content (AvgIpc) is 2.55. The topological polar surface area (TPSA) is 94.9 Å². The van der Waals surface area contributed by atoms with Crippen molar-refractivity contribution in [3.63, 3.8) is 0 Å². The number of nitrogens with zero attached hydrogens (tertiary/aromatic N) is 1. The van der Waals surface area contributed by atoms with Gasteiger partial charge in [0, 0.05) is 6.20 Å². The fourth-order valence-corrected chi connectivity index (χ4v) is 3.44. The van der Waals surface area contributed by atoms with E-state index in [0.717, 1.165) is 23.3 Å². The Bertz CT molecular complexity index is 710. The predicted molar refractivity (Wildman–Crippen MR) is 107 cm³/mol. The third-order valence-corrected chi connectivity index (χ3v) is 4.64. The molecule has 1 heterocycles. The molecule has 0 saturated heterocycles. The quantitative estimate of drug-likeness (QED) is 0.695. The Morgan fingerprint density at radius 1 is 1.12 bits per heavy atom. The molecule has 1 aliphatic heterocycles. The number of rotatable bonds is 7. The summed E-state index contributed by atoms with van der Waals surface area (Å²) in [7, 11) is 3.30. The Hall–Kier alpha value is -2.21. The van der Waals surface area contributed by atoms with E-state index in [1.54, 1.807) is 14.2 Å². The van der Waals surface area contributed by atoms with Crippen LogP contribution in [-0.4, -0.2) is 25.8 Å². The zero-order chi connectivity index (χ0) is 19.5. The zero-order valence-corrected chi connectivity index (χ0v) is 16.7. The lowest BCUT2D eigenvalue weighted by atomic mass is 9.84. The molecule has 1 unspecified atom stereocenters. The van der Waals surface area contributed by atoms with Crippen molar-refractivity contribution in [2.75, 3.05) is 14.2 Å². The lowest BCUT2D eigenvalue weighted by molar-refractivity contribution is 0.353. The summed E-state index contributed by atoms with van der Waals surface area (Å²) >= 11 is 0. The maximum atomic E-state index is 6.66. The molecule has 0 radical (unpaired) electrons. The van der Waals surface area contributed by atoms with Crippen LogP contribution in [0.15, 0.2) is 28.9 Å². The second-order valence-corrected chi connectivity index (χ2v) is 7.57. The molecular weight excluding hydrogens is 328 g/mol. The van der Waals surface area contributed by atoms with Crippen molar-refractivity contribution in [1.29, 1.82) is 0 Å². The fourth-order valence-electron chi connectivity index (χ4n) is 3.44. The molecule has 26 heavy (non-hydrogen) atoms. The van der Waals surface area contributed by atoms with Gasteiger partial charge in [-0.05, 0) is 53.5 Å². The Morgan fingerprint density at radius 3 is 2.27 bits per heavy atom. The Kier molecular flexibility index (Phi) is 6.18. The maximum Gasteiger partial charge on any atom is 0.194 e. The minimum absolute atomic E-state index is 0.341. The van der Waals surface area contributed by atoms with Crippen LogP contribution in [0.5, 0.6) is 11.5 Å². The van der Waals surface area contributed by atoms with Gasteiger partial charge in [0.15, 0.2) is 17.5 Å². The van der Waals surface area contributed by atoms with Crippen LogP contribution in [0.4, 0.5) is 0 Å². The number of nitrogens with two attached hydrogens (primary N) is 2. The largest absolute Gasteiger partial charge is 0.493 e. The zero-order valence-electron chi connectivity index (χ0n) is 16.7. The van der Waals surface area contributed by atoms with Gasteiger partial charge in [-0.15, -0.1) is 0 Å². The van der Waals surface area contributed by atoms with Gasteiger partial charge in [0.2, 0.25) is 0 Å². The molecule has 0 bridgehead atoms. The van der Waals surface area contributed by atoms with Crippen molar-refractivity contribution in [2.45, 2.75) is 52.1 Å². The highest BCUT2D eigenvalue weighted by Crippen LogP contribution is 2.37. The first-order valence-electron chi connectivity index (χ1n) is 9.05. The van der Waals surface area contributed by atoms with E-state index in [9.17, 15) is 0 Å². The van der Waals surface area contributed by atoms with Gasteiger partial charge in [-0.25, -0.2) is 4.99 Å². The molecule has 1 aliphatic rings. The molecule has 1 aromatic rings. The highest BCUT2D eigenvalue weighted by atomic mass is 16.5. The van der Waals surface area contributed by atoms with Crippen molar-refractivity contribution >= 4 is 5.96 Å². The predicted octanol–water partition coefficient (Wildman–Crippen LogP) is 2.87. The molecule has 6 nitrogen and oxygen atoms in total. The summed E-state index contributed by atoms with van der Waals surface area (Å²) in [6, 6.07) is 4.08. The lowest BCUT2D eigenvalue weighted by Gasteiger charge is -2.34. The summed E-state index contributed by atoms with van der Waals surface area (Å²) in [4.78, 5) is 4.52. The molecule has 0 amide bonds. The molecule has 0 saturated carbocycles. The minimum Gasteiger partial charge on any atom is -0.493 e. The summed E-state index contributed by atoms with van der Waals surface area (Å²) in [5, 5.41) is 3.01. The highest BCUT2D eigenvalue weighted by Gasteiger charge is 2.33. The van der Waals surface area contributed by atoms with Crippen LogP contribution >= 0.6 is 0 Å². The summed E-state index contributed by atoms with van der Waals surface area (Å²) in [6.07, 6.45) is 3.29. The van der Waals surface area contributed by atoms with E-state index >= 15 is 0 Å². The molecule has 144 valence electrons. The molecule has 1 atom stereocenters. The Labute approximate surface area is 156 Å². The molecule has 2 rings (SSSR count). The Morgan fingerprint density at radius 2 is 1.73 bits per heavy atom. The number of guanidine groups is 1. The second kappa shape index (κ2) is 7.99. The summed E-state index contributed by atoms with van der Waals surface area (Å²) < 4.78 is 11.0. The number of hydrogen-bond acceptors (Lipinski definition) is 6. The number of ether oxygens (including phenoxy) is 2. The van der Waals surface area contributed by atoms with Crippen molar-refractivity contribution in [2.24, 2.45) is 22.4 Å². The van der Waals surface area contributed by atoms with Gasteiger partial charge in [-0.2, -0.15) is 0 Å². The van der Waals surface area contributed by atoms with Gasteiger partial charge in [0.1, 0.15) is 5.66 Å². The molecule has 0 spiro atoms. The molecule has 5 N–H and O–H groups in total. The monoisotopic (exact) mass is 360 g/mol. The van der Waals surface area contributed by atoms with E-state index < -0.39 is 5.66 Å². The second-order valence-electron chi connectivity index (χ2n) is 7.57. The van der Waals surface area contributed by atoms with E-state index in [-0.39, 0.29) is 0 Å². The van der Waals surface area contributed by atoms with Gasteiger partial charge in [0.25, 0.3) is 0 Å². The molecule has 6 heteroatoms. The van der Waals surface area contributed by atoms with Crippen molar-refractivity contribution in [3.8, 4) is 11.5 Å². The first-order chi connectivity index (χ1) is 12.2. The van der Waals surface area contributed by atoms with Crippen LogP contribution in [0.3, 0.4) is 0 Å². The molecular formula is C20H32N4O2. The van der Waals surface area contributed by atoms with Crippen LogP contribution in [-0.2, 0) is 6.42 Å². The average molecular weight is 361 g/mol. The fraction of sp³-hybridized carbons (Fsp3) is 0.550. The summed E-state index contributed by atoms with van der Waals surface area (Å²) in [6.45, 7) is 8.60. The number of hydrogen-bond donors (Lipinski definition) is 3. The standard InChI is InChI=1S/C20H32N4O2/c1-12(2)10-20(22)15(11-23-19(21)24-20)7-14-8-17(25-5)18(26-6)9-16(14)13(3)4/h8-9,11-13H,7,10,22H2,1-6H3,(H3,21,23,24). The normalized spacial score (nSPS) is 19.9. The number of methoxy groups -OCH3 is 2. The van der Waals surface area contributed by atoms with Gasteiger partial charge in [-0.1, -0.05) is 27.7 Å². The van der Waals surface area contributed by atoms with Crippen LogP contribution in [0.1, 0.15) is 51.2 Å². The summed E-state index contributed by atoms with van der Waals surface area (Å²) in [5.74, 6) is 2.54. The highest BCUT2D eigenvalue weighted by molar-refractivity contribution is 5.81. The number of benzene rings is 1. The van der Waals surface area contributed by atoms with Crippen molar-refractivity contribution in [3.05, 3.63) is 35.0 Å². The molecule has 0 aromatic heterocycles. The van der Waals surface area contributed by atoms with Gasteiger partial charge >= 0.3 is 0 Å². The van der Waals surface area contributed by atoms with Crippen molar-refractivity contribution < 1.29 is 9.47 Å². The van der Waals surface area contributed by atoms with Gasteiger partial charge in [-0.3, -0.25) is 0 Å². The van der Waals surface area contributed by atoms with Crippen LogP contribution in [0.25, 0.3) is 0 Å². The van der Waals surface area contributed by atoms with Crippen LogP contribution in [0, 0.1) is 5.92 Å². The van der Waals surface area contributed by atoms with Gasteiger partial charge < -0.3 is 26.3 Å². The smallest absolute Gasteiger partial charge is 0.194 e. The number of aliphatic imine (C=N–C) groups is 1. The molecule has 0 fully saturated rings. The molecule has 0 aliphatic carbocycles. The van der Waals surface area contributed by atoms with E-state index in [0.29, 0.717) is 30.0 Å². The van der Waals surface area contributed by atoms with Crippen LogP contribution < -0.4 is 26.3 Å². The first-order valence-corrected chi connectivity index (χ1v) is 9.05. The molecule has 1 aromatic carbocycles. The van der Waals surface area contributed by atoms with Gasteiger partial charge in [0.05, 0.1) is 14.2 Å². The maximum absolute atomic E-state index is 6.66.